The third-order valence-corrected chi connectivity index (χ3v) is 2.16. The summed E-state index contributed by atoms with van der Waals surface area (Å²) in [5, 5.41) is 0.850. The molecule has 0 saturated carbocycles. The molecule has 0 aliphatic rings. The van der Waals surface area contributed by atoms with Crippen LogP contribution in [0.25, 0.3) is 22.0 Å². The van der Waals surface area contributed by atoms with Gasteiger partial charge in [-0.2, -0.15) is 0 Å². The van der Waals surface area contributed by atoms with Crippen LogP contribution in [-0.2, 0) is 0 Å². The second-order valence-electron chi connectivity index (χ2n) is 3.03. The van der Waals surface area contributed by atoms with E-state index >= 15 is 0 Å². The maximum absolute atomic E-state index is 11.0. The predicted molar refractivity (Wildman–Crippen MR) is 52.1 cm³/mol. The van der Waals surface area contributed by atoms with E-state index < -0.39 is 5.76 Å². The van der Waals surface area contributed by atoms with Crippen LogP contribution in [0.1, 0.15) is 0 Å². The topological polar surface area (TPSA) is 58.9 Å². The Kier molecular flexibility index (Phi) is 1.28. The molecule has 0 saturated heterocycles. The SMILES string of the molecule is O=c1[nH]c2cnc3ccccc3c2o1. The lowest BCUT2D eigenvalue weighted by atomic mass is 10.2. The van der Waals surface area contributed by atoms with E-state index in [9.17, 15) is 4.79 Å². The molecule has 3 aromatic rings. The van der Waals surface area contributed by atoms with Crippen molar-refractivity contribution in [3.63, 3.8) is 0 Å². The summed E-state index contributed by atoms with van der Waals surface area (Å²) >= 11 is 0. The van der Waals surface area contributed by atoms with Gasteiger partial charge in [0.1, 0.15) is 5.52 Å². The minimum absolute atomic E-state index is 0.446. The highest BCUT2D eigenvalue weighted by Gasteiger charge is 2.05. The fourth-order valence-corrected chi connectivity index (χ4v) is 1.54. The Morgan fingerprint density at radius 3 is 3.07 bits per heavy atom. The van der Waals surface area contributed by atoms with Gasteiger partial charge in [0.05, 0.1) is 11.7 Å². The molecule has 1 N–H and O–H groups in total. The van der Waals surface area contributed by atoms with Crippen LogP contribution in [0.3, 0.4) is 0 Å². The number of hydrogen-bond donors (Lipinski definition) is 1. The molecule has 0 spiro atoms. The quantitative estimate of drug-likeness (QED) is 0.581. The van der Waals surface area contributed by atoms with Crippen molar-refractivity contribution in [3.8, 4) is 0 Å². The molecule has 2 heterocycles. The molecule has 0 bridgehead atoms. The maximum atomic E-state index is 11.0. The number of nitrogens with zero attached hydrogens (tertiary/aromatic N) is 1. The second kappa shape index (κ2) is 2.45. The largest absolute Gasteiger partial charge is 0.417 e. The maximum Gasteiger partial charge on any atom is 0.417 e. The summed E-state index contributed by atoms with van der Waals surface area (Å²) in [6.45, 7) is 0. The predicted octanol–water partition coefficient (Wildman–Crippen LogP) is 1.67. The number of H-pyrrole nitrogens is 1. The Labute approximate surface area is 78.2 Å². The van der Waals surface area contributed by atoms with Crippen LogP contribution in [0, 0.1) is 0 Å². The first-order valence-electron chi connectivity index (χ1n) is 4.21. The molecule has 4 nitrogen and oxygen atoms in total. The molecule has 0 amide bonds. The van der Waals surface area contributed by atoms with E-state index in [2.05, 4.69) is 9.97 Å². The highest BCUT2D eigenvalue weighted by molar-refractivity contribution is 5.99. The standard InChI is InChI=1S/C10H6N2O2/c13-10-12-8-5-11-7-4-2-1-3-6(7)9(8)14-10/h1-5H,(H,12,13). The molecule has 3 rings (SSSR count). The molecule has 0 aliphatic carbocycles. The number of hydrogen-bond acceptors (Lipinski definition) is 3. The van der Waals surface area contributed by atoms with E-state index in [-0.39, 0.29) is 0 Å². The van der Waals surface area contributed by atoms with Crippen LogP contribution in [-0.4, -0.2) is 9.97 Å². The third-order valence-electron chi connectivity index (χ3n) is 2.16. The van der Waals surface area contributed by atoms with E-state index in [0.717, 1.165) is 10.9 Å². The molecule has 14 heavy (non-hydrogen) atoms. The second-order valence-corrected chi connectivity index (χ2v) is 3.03. The van der Waals surface area contributed by atoms with Gasteiger partial charge in [-0.3, -0.25) is 9.97 Å². The Bertz CT molecular complexity index is 666. The number of benzene rings is 1. The Morgan fingerprint density at radius 1 is 1.29 bits per heavy atom. The molecule has 0 unspecified atom stereocenters. The summed E-state index contributed by atoms with van der Waals surface area (Å²) in [5.41, 5.74) is 2.03. The van der Waals surface area contributed by atoms with Crippen molar-refractivity contribution in [3.05, 3.63) is 41.0 Å². The van der Waals surface area contributed by atoms with Gasteiger partial charge in [-0.25, -0.2) is 4.79 Å². The first-order valence-corrected chi connectivity index (χ1v) is 4.21. The van der Waals surface area contributed by atoms with Crippen LogP contribution < -0.4 is 5.76 Å². The van der Waals surface area contributed by atoms with Crippen molar-refractivity contribution in [2.45, 2.75) is 0 Å². The number of para-hydroxylation sites is 1. The summed E-state index contributed by atoms with van der Waals surface area (Å²) in [6, 6.07) is 7.53. The molecule has 0 atom stereocenters. The molecular formula is C10H6N2O2. The van der Waals surface area contributed by atoms with Gasteiger partial charge in [0.25, 0.3) is 0 Å². The molecule has 0 radical (unpaired) electrons. The van der Waals surface area contributed by atoms with Gasteiger partial charge in [-0.1, -0.05) is 12.1 Å². The molecule has 0 fully saturated rings. The fraction of sp³-hybridized carbons (Fsp3) is 0. The molecular weight excluding hydrogens is 180 g/mol. The van der Waals surface area contributed by atoms with Gasteiger partial charge < -0.3 is 4.42 Å². The zero-order chi connectivity index (χ0) is 9.54. The molecule has 0 aliphatic heterocycles. The Hall–Kier alpha value is -2.10. The summed E-state index contributed by atoms with van der Waals surface area (Å²) in [6.07, 6.45) is 1.60. The van der Waals surface area contributed by atoms with E-state index in [4.69, 9.17) is 4.42 Å². The first-order chi connectivity index (χ1) is 6.84. The van der Waals surface area contributed by atoms with E-state index in [0.29, 0.717) is 11.1 Å². The fourth-order valence-electron chi connectivity index (χ4n) is 1.54. The van der Waals surface area contributed by atoms with Gasteiger partial charge in [0.2, 0.25) is 0 Å². The number of pyridine rings is 1. The van der Waals surface area contributed by atoms with E-state index in [1.54, 1.807) is 6.20 Å². The van der Waals surface area contributed by atoms with Gasteiger partial charge in [-0.05, 0) is 12.1 Å². The minimum atomic E-state index is -0.446. The van der Waals surface area contributed by atoms with Crippen molar-refractivity contribution >= 4 is 22.0 Å². The zero-order valence-electron chi connectivity index (χ0n) is 7.15. The van der Waals surface area contributed by atoms with Crippen LogP contribution in [0.2, 0.25) is 0 Å². The smallest absolute Gasteiger partial charge is 0.407 e. The highest BCUT2D eigenvalue weighted by atomic mass is 16.4. The number of fused-ring (bicyclic) bond motifs is 3. The van der Waals surface area contributed by atoms with Crippen molar-refractivity contribution in [2.75, 3.05) is 0 Å². The summed E-state index contributed by atoms with van der Waals surface area (Å²) in [5.74, 6) is -0.446. The monoisotopic (exact) mass is 186 g/mol. The first kappa shape index (κ1) is 7.32. The lowest BCUT2D eigenvalue weighted by molar-refractivity contribution is 0.558. The lowest BCUT2D eigenvalue weighted by Gasteiger charge is -1.94. The van der Waals surface area contributed by atoms with Crippen LogP contribution in [0.15, 0.2) is 39.7 Å². The van der Waals surface area contributed by atoms with Crippen LogP contribution in [0.4, 0.5) is 0 Å². The molecule has 1 aromatic carbocycles. The Balaban J connectivity index is 2.66. The van der Waals surface area contributed by atoms with Crippen LogP contribution in [0.5, 0.6) is 0 Å². The average Bonchev–Trinajstić information content (AvgIpc) is 2.59. The number of oxazole rings is 1. The van der Waals surface area contributed by atoms with E-state index in [1.807, 2.05) is 24.3 Å². The number of aromatic nitrogens is 2. The number of nitrogens with one attached hydrogen (secondary N) is 1. The van der Waals surface area contributed by atoms with Crippen molar-refractivity contribution in [1.29, 1.82) is 0 Å². The number of rotatable bonds is 0. The zero-order valence-corrected chi connectivity index (χ0v) is 7.15. The van der Waals surface area contributed by atoms with Crippen molar-refractivity contribution in [2.24, 2.45) is 0 Å². The minimum Gasteiger partial charge on any atom is -0.407 e. The van der Waals surface area contributed by atoms with E-state index in [1.165, 1.54) is 0 Å². The lowest BCUT2D eigenvalue weighted by Crippen LogP contribution is -1.92. The van der Waals surface area contributed by atoms with Crippen molar-refractivity contribution in [1.82, 2.24) is 9.97 Å². The van der Waals surface area contributed by atoms with Gasteiger partial charge in [-0.15, -0.1) is 0 Å². The van der Waals surface area contributed by atoms with Crippen LogP contribution >= 0.6 is 0 Å². The molecule has 2 aromatic heterocycles. The molecule has 4 heteroatoms. The normalized spacial score (nSPS) is 11.1. The summed E-state index contributed by atoms with van der Waals surface area (Å²) in [7, 11) is 0. The summed E-state index contributed by atoms with van der Waals surface area (Å²) < 4.78 is 5.03. The average molecular weight is 186 g/mol. The van der Waals surface area contributed by atoms with Gasteiger partial charge >= 0.3 is 5.76 Å². The van der Waals surface area contributed by atoms with Crippen molar-refractivity contribution < 1.29 is 4.42 Å². The highest BCUT2D eigenvalue weighted by Crippen LogP contribution is 2.20. The molecule has 68 valence electrons. The third kappa shape index (κ3) is 0.877. The summed E-state index contributed by atoms with van der Waals surface area (Å²) in [4.78, 5) is 17.7. The van der Waals surface area contributed by atoms with Gasteiger partial charge in [0, 0.05) is 5.39 Å². The Morgan fingerprint density at radius 2 is 2.14 bits per heavy atom. The van der Waals surface area contributed by atoms with Gasteiger partial charge in [0.15, 0.2) is 5.58 Å². The number of aromatic amines is 1.